The zero-order valence-electron chi connectivity index (χ0n) is 8.10. The Balaban J connectivity index is 2.42. The molecule has 1 unspecified atom stereocenters. The van der Waals surface area contributed by atoms with Crippen molar-refractivity contribution in [1.82, 2.24) is 10.6 Å². The van der Waals surface area contributed by atoms with E-state index in [1.165, 1.54) is 0 Å². The van der Waals surface area contributed by atoms with Crippen molar-refractivity contribution in [1.29, 1.82) is 0 Å². The monoisotopic (exact) mass is 186 g/mol. The van der Waals surface area contributed by atoms with Crippen molar-refractivity contribution < 1.29 is 9.90 Å². The van der Waals surface area contributed by atoms with E-state index >= 15 is 0 Å². The molecule has 1 aliphatic rings. The van der Waals surface area contributed by atoms with Crippen molar-refractivity contribution >= 4 is 5.91 Å². The van der Waals surface area contributed by atoms with Gasteiger partial charge >= 0.3 is 0 Å². The number of aliphatic hydroxyl groups is 1. The Hall–Kier alpha value is -0.610. The van der Waals surface area contributed by atoms with E-state index in [2.05, 4.69) is 10.6 Å². The first kappa shape index (κ1) is 10.5. The van der Waals surface area contributed by atoms with Crippen molar-refractivity contribution in [3.05, 3.63) is 0 Å². The van der Waals surface area contributed by atoms with Gasteiger partial charge in [0.25, 0.3) is 0 Å². The average Bonchev–Trinajstić information content (AvgIpc) is 2.15. The predicted octanol–water partition coefficient (Wildman–Crippen LogP) is -0.515. The normalized spacial score (nSPS) is 28.5. The lowest BCUT2D eigenvalue weighted by Crippen LogP contribution is -2.49. The second-order valence-corrected chi connectivity index (χ2v) is 3.82. The van der Waals surface area contributed by atoms with Crippen LogP contribution in [0.2, 0.25) is 0 Å². The molecule has 4 heteroatoms. The molecule has 1 saturated heterocycles. The molecule has 0 aromatic heterocycles. The molecular formula is C9H18N2O2. The van der Waals surface area contributed by atoms with E-state index < -0.39 is 0 Å². The highest BCUT2D eigenvalue weighted by Gasteiger charge is 2.33. The maximum Gasteiger partial charge on any atom is 0.227 e. The van der Waals surface area contributed by atoms with Crippen molar-refractivity contribution in [3.8, 4) is 0 Å². The zero-order chi connectivity index (χ0) is 9.73. The lowest BCUT2D eigenvalue weighted by Gasteiger charge is -2.32. The van der Waals surface area contributed by atoms with Crippen molar-refractivity contribution in [2.24, 2.45) is 5.41 Å². The van der Waals surface area contributed by atoms with Gasteiger partial charge in [0.15, 0.2) is 0 Å². The minimum absolute atomic E-state index is 0.00918. The fourth-order valence-electron chi connectivity index (χ4n) is 1.63. The van der Waals surface area contributed by atoms with E-state index in [-0.39, 0.29) is 17.9 Å². The van der Waals surface area contributed by atoms with Gasteiger partial charge in [0.05, 0.1) is 12.0 Å². The third kappa shape index (κ3) is 2.67. The Morgan fingerprint density at radius 1 is 1.69 bits per heavy atom. The standard InChI is InChI=1S/C9H18N2O2/c1-9(3-2-4-10-7-9)8(13)11-5-6-12/h10,12H,2-7H2,1H3,(H,11,13). The highest BCUT2D eigenvalue weighted by Crippen LogP contribution is 2.25. The van der Waals surface area contributed by atoms with Crippen molar-refractivity contribution in [2.45, 2.75) is 19.8 Å². The molecule has 0 radical (unpaired) electrons. The van der Waals surface area contributed by atoms with Crippen molar-refractivity contribution in [2.75, 3.05) is 26.2 Å². The van der Waals surface area contributed by atoms with Crippen LogP contribution in [0.1, 0.15) is 19.8 Å². The van der Waals surface area contributed by atoms with Gasteiger partial charge in [-0.2, -0.15) is 0 Å². The van der Waals surface area contributed by atoms with Crippen molar-refractivity contribution in [3.63, 3.8) is 0 Å². The minimum Gasteiger partial charge on any atom is -0.395 e. The Bertz CT molecular complexity index is 176. The molecule has 4 nitrogen and oxygen atoms in total. The van der Waals surface area contributed by atoms with Gasteiger partial charge in [-0.05, 0) is 26.3 Å². The fraction of sp³-hybridized carbons (Fsp3) is 0.889. The Morgan fingerprint density at radius 2 is 2.46 bits per heavy atom. The van der Waals surface area contributed by atoms with Gasteiger partial charge in [-0.15, -0.1) is 0 Å². The Labute approximate surface area is 78.7 Å². The minimum atomic E-state index is -0.284. The number of carbonyl (C=O) groups excluding carboxylic acids is 1. The molecule has 0 aliphatic carbocycles. The van der Waals surface area contributed by atoms with Gasteiger partial charge in [-0.3, -0.25) is 4.79 Å². The molecule has 1 amide bonds. The van der Waals surface area contributed by atoms with Crippen LogP contribution >= 0.6 is 0 Å². The first-order chi connectivity index (χ1) is 6.19. The fourth-order valence-corrected chi connectivity index (χ4v) is 1.63. The van der Waals surface area contributed by atoms with Gasteiger partial charge in [0.1, 0.15) is 0 Å². The van der Waals surface area contributed by atoms with Gasteiger partial charge < -0.3 is 15.7 Å². The molecule has 76 valence electrons. The SMILES string of the molecule is CC1(C(=O)NCCO)CCCNC1. The number of carbonyl (C=O) groups is 1. The Morgan fingerprint density at radius 3 is 3.00 bits per heavy atom. The second kappa shape index (κ2) is 4.58. The summed E-state index contributed by atoms with van der Waals surface area (Å²) in [5, 5.41) is 14.5. The molecule has 0 bridgehead atoms. The number of amides is 1. The largest absolute Gasteiger partial charge is 0.395 e. The molecule has 1 atom stereocenters. The molecule has 0 aromatic rings. The average molecular weight is 186 g/mol. The number of piperidine rings is 1. The molecule has 0 saturated carbocycles. The summed E-state index contributed by atoms with van der Waals surface area (Å²) in [5.74, 6) is 0.0498. The number of hydrogen-bond acceptors (Lipinski definition) is 3. The highest BCUT2D eigenvalue weighted by molar-refractivity contribution is 5.82. The molecule has 0 spiro atoms. The lowest BCUT2D eigenvalue weighted by atomic mass is 9.82. The predicted molar refractivity (Wildman–Crippen MR) is 50.3 cm³/mol. The molecular weight excluding hydrogens is 168 g/mol. The van der Waals surface area contributed by atoms with Crippen LogP contribution in [0.25, 0.3) is 0 Å². The summed E-state index contributed by atoms with van der Waals surface area (Å²) in [7, 11) is 0. The van der Waals surface area contributed by atoms with Crippen LogP contribution in [0.5, 0.6) is 0 Å². The summed E-state index contributed by atoms with van der Waals surface area (Å²) < 4.78 is 0. The first-order valence-corrected chi connectivity index (χ1v) is 4.79. The molecule has 1 fully saturated rings. The highest BCUT2D eigenvalue weighted by atomic mass is 16.3. The summed E-state index contributed by atoms with van der Waals surface area (Å²) in [5.41, 5.74) is -0.284. The molecule has 13 heavy (non-hydrogen) atoms. The zero-order valence-corrected chi connectivity index (χ0v) is 8.10. The molecule has 1 heterocycles. The van der Waals surface area contributed by atoms with Gasteiger partial charge in [0, 0.05) is 13.1 Å². The number of aliphatic hydroxyl groups excluding tert-OH is 1. The summed E-state index contributed by atoms with van der Waals surface area (Å²) in [6.45, 7) is 4.07. The topological polar surface area (TPSA) is 61.4 Å². The quantitative estimate of drug-likeness (QED) is 0.556. The smallest absolute Gasteiger partial charge is 0.227 e. The third-order valence-electron chi connectivity index (χ3n) is 2.54. The summed E-state index contributed by atoms with van der Waals surface area (Å²) >= 11 is 0. The van der Waals surface area contributed by atoms with E-state index in [9.17, 15) is 4.79 Å². The summed E-state index contributed by atoms with van der Waals surface area (Å²) in [6.07, 6.45) is 1.97. The van der Waals surface area contributed by atoms with E-state index in [0.717, 1.165) is 25.9 Å². The first-order valence-electron chi connectivity index (χ1n) is 4.79. The third-order valence-corrected chi connectivity index (χ3v) is 2.54. The van der Waals surface area contributed by atoms with Crippen LogP contribution in [0.3, 0.4) is 0 Å². The molecule has 3 N–H and O–H groups in total. The van der Waals surface area contributed by atoms with E-state index in [1.807, 2.05) is 6.92 Å². The molecule has 1 aliphatic heterocycles. The second-order valence-electron chi connectivity index (χ2n) is 3.82. The summed E-state index contributed by atoms with van der Waals surface area (Å²) in [6, 6.07) is 0. The maximum absolute atomic E-state index is 11.6. The lowest BCUT2D eigenvalue weighted by molar-refractivity contribution is -0.131. The van der Waals surface area contributed by atoms with E-state index in [1.54, 1.807) is 0 Å². The number of rotatable bonds is 3. The van der Waals surface area contributed by atoms with Gasteiger partial charge in [-0.1, -0.05) is 0 Å². The van der Waals surface area contributed by atoms with Crippen LogP contribution in [0, 0.1) is 5.41 Å². The van der Waals surface area contributed by atoms with Gasteiger partial charge in [-0.25, -0.2) is 0 Å². The molecule has 1 rings (SSSR count). The van der Waals surface area contributed by atoms with Crippen LogP contribution in [-0.2, 0) is 4.79 Å². The van der Waals surface area contributed by atoms with Crippen LogP contribution in [-0.4, -0.2) is 37.3 Å². The number of nitrogens with one attached hydrogen (secondary N) is 2. The van der Waals surface area contributed by atoms with Crippen LogP contribution in [0.15, 0.2) is 0 Å². The van der Waals surface area contributed by atoms with Crippen LogP contribution in [0.4, 0.5) is 0 Å². The summed E-state index contributed by atoms with van der Waals surface area (Å²) in [4.78, 5) is 11.6. The Kier molecular flexibility index (Phi) is 3.69. The van der Waals surface area contributed by atoms with Gasteiger partial charge in [0.2, 0.25) is 5.91 Å². The van der Waals surface area contributed by atoms with Crippen LogP contribution < -0.4 is 10.6 Å². The number of hydrogen-bond donors (Lipinski definition) is 3. The maximum atomic E-state index is 11.6. The molecule has 0 aromatic carbocycles. The van der Waals surface area contributed by atoms with E-state index in [4.69, 9.17) is 5.11 Å². The van der Waals surface area contributed by atoms with E-state index in [0.29, 0.717) is 6.54 Å².